The molecular weight excluding hydrogens is 430 g/mol. The SMILES string of the molecule is CC(=O)NC(CC(=O)NCC(C)N1CCc2ccccc2C1)c1ccc(Br)cc1. The minimum absolute atomic E-state index is 0.0593. The molecule has 1 aliphatic rings. The summed E-state index contributed by atoms with van der Waals surface area (Å²) in [5.74, 6) is -0.206. The maximum absolute atomic E-state index is 12.6. The molecule has 29 heavy (non-hydrogen) atoms. The van der Waals surface area contributed by atoms with Crippen molar-refractivity contribution in [2.24, 2.45) is 0 Å². The van der Waals surface area contributed by atoms with Crippen LogP contribution in [0.15, 0.2) is 53.0 Å². The largest absolute Gasteiger partial charge is 0.354 e. The van der Waals surface area contributed by atoms with Crippen LogP contribution in [0.5, 0.6) is 0 Å². The fraction of sp³-hybridized carbons (Fsp3) is 0.391. The van der Waals surface area contributed by atoms with Gasteiger partial charge in [0.1, 0.15) is 0 Å². The van der Waals surface area contributed by atoms with Gasteiger partial charge in [0, 0.05) is 37.1 Å². The lowest BCUT2D eigenvalue weighted by molar-refractivity contribution is -0.123. The molecule has 2 aromatic carbocycles. The first-order valence-corrected chi connectivity index (χ1v) is 10.8. The summed E-state index contributed by atoms with van der Waals surface area (Å²) in [6, 6.07) is 16.1. The first kappa shape index (κ1) is 21.5. The molecule has 1 aliphatic heterocycles. The Morgan fingerprint density at radius 1 is 1.10 bits per heavy atom. The summed E-state index contributed by atoms with van der Waals surface area (Å²) >= 11 is 3.41. The molecule has 1 heterocycles. The summed E-state index contributed by atoms with van der Waals surface area (Å²) in [6.45, 7) is 6.13. The monoisotopic (exact) mass is 457 g/mol. The van der Waals surface area contributed by atoms with E-state index in [0.29, 0.717) is 6.54 Å². The van der Waals surface area contributed by atoms with Crippen molar-refractivity contribution in [2.45, 2.75) is 45.3 Å². The zero-order chi connectivity index (χ0) is 20.8. The zero-order valence-electron chi connectivity index (χ0n) is 17.0. The second kappa shape index (κ2) is 10.0. The summed E-state index contributed by atoms with van der Waals surface area (Å²) in [4.78, 5) is 26.6. The smallest absolute Gasteiger partial charge is 0.222 e. The Morgan fingerprint density at radius 3 is 2.48 bits per heavy atom. The van der Waals surface area contributed by atoms with Crippen molar-refractivity contribution in [3.05, 3.63) is 69.7 Å². The number of amides is 2. The minimum Gasteiger partial charge on any atom is -0.354 e. The van der Waals surface area contributed by atoms with Gasteiger partial charge in [-0.15, -0.1) is 0 Å². The molecule has 0 saturated carbocycles. The molecule has 0 spiro atoms. The molecular formula is C23H28BrN3O2. The van der Waals surface area contributed by atoms with Crippen LogP contribution < -0.4 is 10.6 Å². The maximum Gasteiger partial charge on any atom is 0.222 e. The highest BCUT2D eigenvalue weighted by Crippen LogP contribution is 2.21. The molecule has 2 amide bonds. The highest BCUT2D eigenvalue weighted by molar-refractivity contribution is 9.10. The molecule has 6 heteroatoms. The number of rotatable bonds is 7. The predicted octanol–water partition coefficient (Wildman–Crippen LogP) is 3.58. The van der Waals surface area contributed by atoms with E-state index >= 15 is 0 Å². The van der Waals surface area contributed by atoms with Crippen molar-refractivity contribution >= 4 is 27.7 Å². The summed E-state index contributed by atoms with van der Waals surface area (Å²) in [5, 5.41) is 5.93. The standard InChI is InChI=1S/C23H28BrN3O2/c1-16(27-12-11-18-5-3-4-6-20(18)15-27)14-25-23(29)13-22(26-17(2)28)19-7-9-21(24)10-8-19/h3-10,16,22H,11-15H2,1-2H3,(H,25,29)(H,26,28). The molecule has 0 aromatic heterocycles. The van der Waals surface area contributed by atoms with Crippen LogP contribution in [-0.2, 0) is 22.6 Å². The van der Waals surface area contributed by atoms with Gasteiger partial charge in [-0.1, -0.05) is 52.3 Å². The van der Waals surface area contributed by atoms with E-state index in [2.05, 4.69) is 62.7 Å². The highest BCUT2D eigenvalue weighted by Gasteiger charge is 2.22. The van der Waals surface area contributed by atoms with Crippen LogP contribution in [0.4, 0.5) is 0 Å². The van der Waals surface area contributed by atoms with E-state index in [4.69, 9.17) is 0 Å². The highest BCUT2D eigenvalue weighted by atomic mass is 79.9. The molecule has 154 valence electrons. The summed E-state index contributed by atoms with van der Waals surface area (Å²) in [6.07, 6.45) is 1.26. The van der Waals surface area contributed by atoms with Gasteiger partial charge >= 0.3 is 0 Å². The van der Waals surface area contributed by atoms with Gasteiger partial charge in [0.2, 0.25) is 11.8 Å². The van der Waals surface area contributed by atoms with Gasteiger partial charge in [0.05, 0.1) is 12.5 Å². The van der Waals surface area contributed by atoms with E-state index in [1.807, 2.05) is 24.3 Å². The average molecular weight is 458 g/mol. The van der Waals surface area contributed by atoms with Crippen molar-refractivity contribution in [1.29, 1.82) is 0 Å². The third-order valence-electron chi connectivity index (χ3n) is 5.42. The van der Waals surface area contributed by atoms with Crippen LogP contribution >= 0.6 is 15.9 Å². The van der Waals surface area contributed by atoms with E-state index in [0.717, 1.165) is 29.5 Å². The predicted molar refractivity (Wildman–Crippen MR) is 118 cm³/mol. The molecule has 0 saturated heterocycles. The average Bonchev–Trinajstić information content (AvgIpc) is 2.71. The van der Waals surface area contributed by atoms with Gasteiger partial charge < -0.3 is 10.6 Å². The minimum atomic E-state index is -0.335. The number of hydrogen-bond donors (Lipinski definition) is 2. The summed E-state index contributed by atoms with van der Waals surface area (Å²) < 4.78 is 0.962. The van der Waals surface area contributed by atoms with Crippen molar-refractivity contribution in [2.75, 3.05) is 13.1 Å². The van der Waals surface area contributed by atoms with Crippen molar-refractivity contribution in [1.82, 2.24) is 15.5 Å². The van der Waals surface area contributed by atoms with Crippen LogP contribution in [0.25, 0.3) is 0 Å². The lowest BCUT2D eigenvalue weighted by atomic mass is 9.99. The van der Waals surface area contributed by atoms with Gasteiger partial charge in [0.25, 0.3) is 0 Å². The fourth-order valence-electron chi connectivity index (χ4n) is 3.73. The van der Waals surface area contributed by atoms with E-state index in [-0.39, 0.29) is 30.3 Å². The van der Waals surface area contributed by atoms with Crippen LogP contribution in [0, 0.1) is 0 Å². The zero-order valence-corrected chi connectivity index (χ0v) is 18.5. The fourth-order valence-corrected chi connectivity index (χ4v) is 4.00. The Balaban J connectivity index is 1.53. The molecule has 0 fully saturated rings. The number of benzene rings is 2. The molecule has 0 bridgehead atoms. The normalized spacial score (nSPS) is 15.8. The van der Waals surface area contributed by atoms with Crippen molar-refractivity contribution in [3.63, 3.8) is 0 Å². The van der Waals surface area contributed by atoms with Gasteiger partial charge in [0.15, 0.2) is 0 Å². The number of nitrogens with zero attached hydrogens (tertiary/aromatic N) is 1. The quantitative estimate of drug-likeness (QED) is 0.667. The molecule has 2 unspecified atom stereocenters. The molecule has 5 nitrogen and oxygen atoms in total. The second-order valence-corrected chi connectivity index (χ2v) is 8.57. The molecule has 3 rings (SSSR count). The van der Waals surface area contributed by atoms with Gasteiger partial charge in [-0.3, -0.25) is 14.5 Å². The van der Waals surface area contributed by atoms with E-state index in [1.54, 1.807) is 0 Å². The summed E-state index contributed by atoms with van der Waals surface area (Å²) in [5.41, 5.74) is 3.71. The topological polar surface area (TPSA) is 61.4 Å². The van der Waals surface area contributed by atoms with E-state index in [9.17, 15) is 9.59 Å². The molecule has 0 radical (unpaired) electrons. The Labute approximate surface area is 181 Å². The van der Waals surface area contributed by atoms with Crippen LogP contribution in [0.1, 0.15) is 43.0 Å². The Kier molecular flexibility index (Phi) is 7.45. The van der Waals surface area contributed by atoms with Crippen molar-refractivity contribution < 1.29 is 9.59 Å². The third-order valence-corrected chi connectivity index (χ3v) is 5.95. The Hall–Kier alpha value is -2.18. The van der Waals surface area contributed by atoms with Crippen LogP contribution in [0.3, 0.4) is 0 Å². The number of halogens is 1. The number of carbonyl (C=O) groups is 2. The third kappa shape index (κ3) is 6.15. The lowest BCUT2D eigenvalue weighted by Gasteiger charge is -2.33. The van der Waals surface area contributed by atoms with Gasteiger partial charge in [-0.25, -0.2) is 0 Å². The van der Waals surface area contributed by atoms with E-state index in [1.165, 1.54) is 18.1 Å². The number of fused-ring (bicyclic) bond motifs is 1. The van der Waals surface area contributed by atoms with Gasteiger partial charge in [-0.05, 0) is 42.2 Å². The van der Waals surface area contributed by atoms with E-state index < -0.39 is 0 Å². The first-order valence-electron chi connectivity index (χ1n) is 10.0. The number of carbonyl (C=O) groups excluding carboxylic acids is 2. The van der Waals surface area contributed by atoms with Crippen LogP contribution in [0.2, 0.25) is 0 Å². The Morgan fingerprint density at radius 2 is 1.79 bits per heavy atom. The molecule has 2 atom stereocenters. The molecule has 2 aromatic rings. The van der Waals surface area contributed by atoms with Crippen molar-refractivity contribution in [3.8, 4) is 0 Å². The molecule has 2 N–H and O–H groups in total. The number of nitrogens with one attached hydrogen (secondary N) is 2. The summed E-state index contributed by atoms with van der Waals surface area (Å²) in [7, 11) is 0. The van der Waals surface area contributed by atoms with Crippen LogP contribution in [-0.4, -0.2) is 35.8 Å². The Bertz CT molecular complexity index is 853. The number of hydrogen-bond acceptors (Lipinski definition) is 3. The van der Waals surface area contributed by atoms with Gasteiger partial charge in [-0.2, -0.15) is 0 Å². The lowest BCUT2D eigenvalue weighted by Crippen LogP contribution is -2.44. The molecule has 0 aliphatic carbocycles. The maximum atomic E-state index is 12.6. The second-order valence-electron chi connectivity index (χ2n) is 7.65. The first-order chi connectivity index (χ1) is 13.9.